The monoisotopic (exact) mass is 269 g/mol. The van der Waals surface area contributed by atoms with Crippen LogP contribution in [0.1, 0.15) is 44.1 Å². The predicted molar refractivity (Wildman–Crippen MR) is 77.5 cm³/mol. The Bertz CT molecular complexity index is 690. The van der Waals surface area contributed by atoms with E-state index < -0.39 is 0 Å². The highest BCUT2D eigenvalue weighted by Gasteiger charge is 2.30. The van der Waals surface area contributed by atoms with Gasteiger partial charge in [-0.05, 0) is 44.9 Å². The number of ether oxygens (including phenoxy) is 1. The molecule has 4 nitrogen and oxygen atoms in total. The topological polar surface area (TPSA) is 50.8 Å². The summed E-state index contributed by atoms with van der Waals surface area (Å²) in [5.41, 5.74) is 2.48. The summed E-state index contributed by atoms with van der Waals surface area (Å²) >= 11 is 0. The Balaban J connectivity index is 2.11. The number of rotatable bonds is 4. The molecule has 1 aromatic carbocycles. The zero-order valence-electron chi connectivity index (χ0n) is 12.2. The number of methoxy groups -OCH3 is 1. The second-order valence-corrected chi connectivity index (χ2v) is 6.09. The van der Waals surface area contributed by atoms with Crippen molar-refractivity contribution in [1.29, 1.82) is 5.26 Å². The Morgan fingerprint density at radius 3 is 2.80 bits per heavy atom. The fraction of sp³-hybridized carbons (Fsp3) is 0.500. The largest absolute Gasteiger partial charge is 0.378 e. The van der Waals surface area contributed by atoms with Crippen molar-refractivity contribution in [3.63, 3.8) is 0 Å². The van der Waals surface area contributed by atoms with E-state index >= 15 is 0 Å². The maximum atomic E-state index is 9.01. The summed E-state index contributed by atoms with van der Waals surface area (Å²) in [5, 5.41) is 9.01. The van der Waals surface area contributed by atoms with E-state index in [4.69, 9.17) is 15.0 Å². The van der Waals surface area contributed by atoms with E-state index in [2.05, 4.69) is 24.5 Å². The van der Waals surface area contributed by atoms with Gasteiger partial charge in [-0.2, -0.15) is 5.26 Å². The minimum atomic E-state index is -0.230. The normalized spacial score (nSPS) is 15.5. The summed E-state index contributed by atoms with van der Waals surface area (Å²) in [7, 11) is 1.73. The minimum absolute atomic E-state index is 0.230. The van der Waals surface area contributed by atoms with E-state index in [1.807, 2.05) is 18.2 Å². The highest BCUT2D eigenvalue weighted by Crippen LogP contribution is 2.39. The zero-order valence-corrected chi connectivity index (χ0v) is 12.2. The van der Waals surface area contributed by atoms with Crippen molar-refractivity contribution in [2.75, 3.05) is 7.11 Å². The molecule has 0 saturated heterocycles. The average molecular weight is 269 g/mol. The van der Waals surface area contributed by atoms with E-state index in [1.54, 1.807) is 7.11 Å². The zero-order chi connectivity index (χ0) is 14.3. The van der Waals surface area contributed by atoms with Crippen LogP contribution in [0.5, 0.6) is 0 Å². The number of imidazole rings is 1. The summed E-state index contributed by atoms with van der Waals surface area (Å²) in [6.07, 6.45) is 3.20. The molecule has 4 heteroatoms. The molecule has 1 heterocycles. The molecule has 1 fully saturated rings. The summed E-state index contributed by atoms with van der Waals surface area (Å²) in [6, 6.07) is 8.50. The van der Waals surface area contributed by atoms with Crippen LogP contribution in [-0.2, 0) is 11.2 Å². The van der Waals surface area contributed by atoms with Crippen LogP contribution in [0.15, 0.2) is 18.2 Å². The molecule has 0 atom stereocenters. The first-order chi connectivity index (χ1) is 9.54. The van der Waals surface area contributed by atoms with Gasteiger partial charge in [0.15, 0.2) is 0 Å². The number of hydrogen-bond donors (Lipinski definition) is 0. The van der Waals surface area contributed by atoms with E-state index in [9.17, 15) is 0 Å². The van der Waals surface area contributed by atoms with Crippen molar-refractivity contribution in [1.82, 2.24) is 9.55 Å². The Morgan fingerprint density at radius 2 is 2.20 bits per heavy atom. The van der Waals surface area contributed by atoms with E-state index in [0.29, 0.717) is 11.6 Å². The third-order valence-electron chi connectivity index (χ3n) is 3.94. The average Bonchev–Trinajstić information content (AvgIpc) is 3.20. The number of aromatic nitrogens is 2. The standard InChI is InChI=1S/C16H19N3O/c1-16(2,20-3)9-15-18-13-8-11(10-17)4-7-14(13)19(15)12-5-6-12/h4,7-8,12H,5-6,9H2,1-3H3. The molecule has 1 aliphatic carbocycles. The first-order valence-electron chi connectivity index (χ1n) is 7.00. The molecular formula is C16H19N3O. The quantitative estimate of drug-likeness (QED) is 0.856. The van der Waals surface area contributed by atoms with Crippen LogP contribution in [0.25, 0.3) is 11.0 Å². The fourth-order valence-corrected chi connectivity index (χ4v) is 2.54. The van der Waals surface area contributed by atoms with Gasteiger partial charge in [0.2, 0.25) is 0 Å². The van der Waals surface area contributed by atoms with Gasteiger partial charge in [0.1, 0.15) is 5.82 Å². The van der Waals surface area contributed by atoms with E-state index in [0.717, 1.165) is 23.3 Å². The third-order valence-corrected chi connectivity index (χ3v) is 3.94. The first-order valence-corrected chi connectivity index (χ1v) is 7.00. The fourth-order valence-electron chi connectivity index (χ4n) is 2.54. The molecule has 20 heavy (non-hydrogen) atoms. The summed E-state index contributed by atoms with van der Waals surface area (Å²) in [4.78, 5) is 4.75. The van der Waals surface area contributed by atoms with Gasteiger partial charge >= 0.3 is 0 Å². The van der Waals surface area contributed by atoms with Gasteiger partial charge in [-0.3, -0.25) is 0 Å². The van der Waals surface area contributed by atoms with Gasteiger partial charge in [-0.25, -0.2) is 4.98 Å². The van der Waals surface area contributed by atoms with Crippen LogP contribution in [0.2, 0.25) is 0 Å². The lowest BCUT2D eigenvalue weighted by Crippen LogP contribution is -2.27. The lowest BCUT2D eigenvalue weighted by Gasteiger charge is -2.22. The Labute approximate surface area is 119 Å². The molecule has 0 aliphatic heterocycles. The second-order valence-electron chi connectivity index (χ2n) is 6.09. The highest BCUT2D eigenvalue weighted by atomic mass is 16.5. The smallest absolute Gasteiger partial charge is 0.113 e. The summed E-state index contributed by atoms with van der Waals surface area (Å²) in [6.45, 7) is 4.15. The molecule has 1 aromatic heterocycles. The van der Waals surface area contributed by atoms with Crippen molar-refractivity contribution in [2.24, 2.45) is 0 Å². The number of fused-ring (bicyclic) bond motifs is 1. The number of nitriles is 1. The maximum absolute atomic E-state index is 9.01. The Hall–Kier alpha value is -1.86. The number of nitrogens with zero attached hydrogens (tertiary/aromatic N) is 3. The molecular weight excluding hydrogens is 250 g/mol. The van der Waals surface area contributed by atoms with Crippen LogP contribution in [-0.4, -0.2) is 22.3 Å². The molecule has 0 unspecified atom stereocenters. The molecule has 0 N–H and O–H groups in total. The van der Waals surface area contributed by atoms with Crippen molar-refractivity contribution in [3.8, 4) is 6.07 Å². The van der Waals surface area contributed by atoms with Gasteiger partial charge in [0.25, 0.3) is 0 Å². The lowest BCUT2D eigenvalue weighted by molar-refractivity contribution is 0.0210. The molecule has 1 aliphatic rings. The van der Waals surface area contributed by atoms with Crippen molar-refractivity contribution in [3.05, 3.63) is 29.6 Å². The molecule has 2 aromatic rings. The predicted octanol–water partition coefficient (Wildman–Crippen LogP) is 3.21. The van der Waals surface area contributed by atoms with E-state index in [1.165, 1.54) is 12.8 Å². The van der Waals surface area contributed by atoms with E-state index in [-0.39, 0.29) is 5.60 Å². The van der Waals surface area contributed by atoms with Crippen molar-refractivity contribution in [2.45, 2.75) is 44.8 Å². The highest BCUT2D eigenvalue weighted by molar-refractivity contribution is 5.78. The summed E-state index contributed by atoms with van der Waals surface area (Å²) < 4.78 is 7.86. The van der Waals surface area contributed by atoms with Crippen molar-refractivity contribution < 1.29 is 4.74 Å². The van der Waals surface area contributed by atoms with Gasteiger partial charge < -0.3 is 9.30 Å². The maximum Gasteiger partial charge on any atom is 0.113 e. The first kappa shape index (κ1) is 13.1. The van der Waals surface area contributed by atoms with Crippen LogP contribution in [0.4, 0.5) is 0 Å². The van der Waals surface area contributed by atoms with Crippen LogP contribution >= 0.6 is 0 Å². The Kier molecular flexibility index (Phi) is 3.02. The van der Waals surface area contributed by atoms with Gasteiger partial charge in [0, 0.05) is 19.6 Å². The number of benzene rings is 1. The molecule has 0 amide bonds. The van der Waals surface area contributed by atoms with Crippen molar-refractivity contribution >= 4 is 11.0 Å². The molecule has 1 saturated carbocycles. The van der Waals surface area contributed by atoms with Gasteiger partial charge in [0.05, 0.1) is 28.3 Å². The summed E-state index contributed by atoms with van der Waals surface area (Å²) in [5.74, 6) is 1.06. The van der Waals surface area contributed by atoms with Gasteiger partial charge in [-0.15, -0.1) is 0 Å². The minimum Gasteiger partial charge on any atom is -0.378 e. The molecule has 0 radical (unpaired) electrons. The third kappa shape index (κ3) is 2.30. The van der Waals surface area contributed by atoms with Gasteiger partial charge in [-0.1, -0.05) is 0 Å². The Morgan fingerprint density at radius 1 is 1.45 bits per heavy atom. The molecule has 104 valence electrons. The van der Waals surface area contributed by atoms with Crippen LogP contribution in [0.3, 0.4) is 0 Å². The molecule has 0 spiro atoms. The molecule has 0 bridgehead atoms. The molecule has 3 rings (SSSR count). The number of hydrogen-bond acceptors (Lipinski definition) is 3. The van der Waals surface area contributed by atoms with Crippen LogP contribution < -0.4 is 0 Å². The lowest BCUT2D eigenvalue weighted by atomic mass is 10.0. The second kappa shape index (κ2) is 4.60. The SMILES string of the molecule is COC(C)(C)Cc1nc2cc(C#N)ccc2n1C1CC1. The van der Waals surface area contributed by atoms with Crippen LogP contribution in [0, 0.1) is 11.3 Å².